The van der Waals surface area contributed by atoms with E-state index in [0.29, 0.717) is 12.3 Å². The van der Waals surface area contributed by atoms with Gasteiger partial charge in [0.15, 0.2) is 0 Å². The highest BCUT2D eigenvalue weighted by Crippen LogP contribution is 2.38. The molecule has 2 aliphatic rings. The summed E-state index contributed by atoms with van der Waals surface area (Å²) >= 11 is 5.74. The lowest BCUT2D eigenvalue weighted by molar-refractivity contribution is -0.126. The first kappa shape index (κ1) is 9.97. The molecule has 4 heteroatoms. The number of hydrogen-bond donors (Lipinski definition) is 1. The van der Waals surface area contributed by atoms with Crippen LogP contribution in [-0.4, -0.2) is 23.4 Å². The van der Waals surface area contributed by atoms with Crippen molar-refractivity contribution in [2.45, 2.75) is 32.7 Å². The number of alkyl halides is 1. The van der Waals surface area contributed by atoms with Gasteiger partial charge in [-0.3, -0.25) is 4.79 Å². The summed E-state index contributed by atoms with van der Waals surface area (Å²) in [4.78, 5) is 11.9. The molecule has 1 aliphatic carbocycles. The van der Waals surface area contributed by atoms with E-state index in [0.717, 1.165) is 12.1 Å². The molecule has 78 valence electrons. The molecule has 0 aromatic heterocycles. The summed E-state index contributed by atoms with van der Waals surface area (Å²) in [7, 11) is 0. The molecule has 0 radical (unpaired) electrons. The molecule has 1 aliphatic heterocycles. The summed E-state index contributed by atoms with van der Waals surface area (Å²) in [6.45, 7) is 4.25. The smallest absolute Gasteiger partial charge is 0.144 e. The second-order valence-corrected chi connectivity index (χ2v) is 5.23. The average Bonchev–Trinajstić information content (AvgIpc) is 2.44. The Bertz CT molecular complexity index is 298. The fourth-order valence-electron chi connectivity index (χ4n) is 2.48. The number of halogens is 1. The normalized spacial score (nSPS) is 34.8. The molecule has 1 saturated carbocycles. The number of nitrogens with zero attached hydrogens (tertiary/aromatic N) is 1. The van der Waals surface area contributed by atoms with Crippen LogP contribution in [-0.2, 0) is 4.79 Å². The van der Waals surface area contributed by atoms with Crippen LogP contribution in [0, 0.1) is 11.3 Å². The molecule has 1 fully saturated rings. The zero-order valence-electron chi connectivity index (χ0n) is 8.51. The summed E-state index contributed by atoms with van der Waals surface area (Å²) in [6, 6.07) is 0.181. The minimum Gasteiger partial charge on any atom is -0.306 e. The SMILES string of the molecule is CC1(C)CC(=O)[C@H]2C(CCl)=NN[C@H]2C1. The molecule has 0 saturated heterocycles. The Morgan fingerprint density at radius 1 is 1.64 bits per heavy atom. The van der Waals surface area contributed by atoms with Crippen molar-refractivity contribution in [2.75, 3.05) is 5.88 Å². The summed E-state index contributed by atoms with van der Waals surface area (Å²) in [5, 5.41) is 4.13. The van der Waals surface area contributed by atoms with Gasteiger partial charge >= 0.3 is 0 Å². The molecular weight excluding hydrogens is 200 g/mol. The third-order valence-electron chi connectivity index (χ3n) is 3.04. The van der Waals surface area contributed by atoms with E-state index in [2.05, 4.69) is 24.4 Å². The van der Waals surface area contributed by atoms with Crippen LogP contribution in [0.2, 0.25) is 0 Å². The molecule has 2 rings (SSSR count). The average molecular weight is 215 g/mol. The van der Waals surface area contributed by atoms with Crippen LogP contribution in [0.3, 0.4) is 0 Å². The van der Waals surface area contributed by atoms with Crippen LogP contribution in [0.1, 0.15) is 26.7 Å². The largest absolute Gasteiger partial charge is 0.306 e. The molecule has 1 N–H and O–H groups in total. The van der Waals surface area contributed by atoms with Crippen molar-refractivity contribution >= 4 is 23.1 Å². The fourth-order valence-corrected chi connectivity index (χ4v) is 2.70. The topological polar surface area (TPSA) is 41.5 Å². The Balaban J connectivity index is 2.20. The van der Waals surface area contributed by atoms with E-state index in [4.69, 9.17) is 11.6 Å². The van der Waals surface area contributed by atoms with Crippen LogP contribution in [0.15, 0.2) is 5.10 Å². The van der Waals surface area contributed by atoms with Gasteiger partial charge in [-0.2, -0.15) is 5.10 Å². The summed E-state index contributed by atoms with van der Waals surface area (Å²) < 4.78 is 0. The van der Waals surface area contributed by atoms with E-state index >= 15 is 0 Å². The first-order valence-electron chi connectivity index (χ1n) is 4.94. The van der Waals surface area contributed by atoms with Gasteiger partial charge in [-0.15, -0.1) is 11.6 Å². The van der Waals surface area contributed by atoms with E-state index in [1.54, 1.807) is 0 Å². The minimum atomic E-state index is -0.0551. The monoisotopic (exact) mass is 214 g/mol. The van der Waals surface area contributed by atoms with E-state index in [1.807, 2.05) is 0 Å². The fraction of sp³-hybridized carbons (Fsp3) is 0.800. The minimum absolute atomic E-state index is 0.0551. The van der Waals surface area contributed by atoms with Crippen LogP contribution in [0.4, 0.5) is 0 Å². The number of fused-ring (bicyclic) bond motifs is 1. The molecular formula is C10H15ClN2O. The number of nitrogens with one attached hydrogen (secondary N) is 1. The van der Waals surface area contributed by atoms with Gasteiger partial charge in [0.1, 0.15) is 5.78 Å². The third-order valence-corrected chi connectivity index (χ3v) is 3.32. The first-order chi connectivity index (χ1) is 6.53. The van der Waals surface area contributed by atoms with Gasteiger partial charge in [0.05, 0.1) is 23.6 Å². The molecule has 0 aromatic rings. The lowest BCUT2D eigenvalue weighted by Crippen LogP contribution is -2.45. The molecule has 2 atom stereocenters. The maximum absolute atomic E-state index is 11.9. The zero-order chi connectivity index (χ0) is 10.3. The van der Waals surface area contributed by atoms with Gasteiger partial charge in [-0.1, -0.05) is 13.8 Å². The molecule has 0 aromatic carbocycles. The van der Waals surface area contributed by atoms with E-state index in [1.165, 1.54) is 0 Å². The lowest BCUT2D eigenvalue weighted by atomic mass is 9.69. The van der Waals surface area contributed by atoms with Gasteiger partial charge < -0.3 is 5.43 Å². The standard InChI is InChI=1S/C10H15ClN2O/c1-10(2)3-6-9(8(14)4-10)7(5-11)13-12-6/h6,9,12H,3-5H2,1-2H3/t6-,9+/m0/s1. The predicted molar refractivity (Wildman–Crippen MR) is 56.6 cm³/mol. The quantitative estimate of drug-likeness (QED) is 0.674. The number of hydrogen-bond acceptors (Lipinski definition) is 3. The summed E-state index contributed by atoms with van der Waals surface area (Å²) in [6.07, 6.45) is 1.64. The number of carbonyl (C=O) groups excluding carboxylic acids is 1. The number of rotatable bonds is 1. The van der Waals surface area contributed by atoms with Gasteiger partial charge in [0.2, 0.25) is 0 Å². The third kappa shape index (κ3) is 1.54. The zero-order valence-corrected chi connectivity index (χ0v) is 9.27. The maximum atomic E-state index is 11.9. The van der Waals surface area contributed by atoms with Gasteiger partial charge in [0, 0.05) is 6.42 Å². The Morgan fingerprint density at radius 3 is 3.00 bits per heavy atom. The van der Waals surface area contributed by atoms with Crippen LogP contribution >= 0.6 is 11.6 Å². The second-order valence-electron chi connectivity index (χ2n) is 4.96. The molecule has 0 amide bonds. The van der Waals surface area contributed by atoms with Crippen molar-refractivity contribution < 1.29 is 4.79 Å². The molecule has 14 heavy (non-hydrogen) atoms. The van der Waals surface area contributed by atoms with Crippen LogP contribution in [0.5, 0.6) is 0 Å². The van der Waals surface area contributed by atoms with E-state index in [9.17, 15) is 4.79 Å². The van der Waals surface area contributed by atoms with Gasteiger partial charge in [0.25, 0.3) is 0 Å². The second kappa shape index (κ2) is 3.23. The van der Waals surface area contributed by atoms with Gasteiger partial charge in [-0.25, -0.2) is 0 Å². The van der Waals surface area contributed by atoms with Crippen molar-refractivity contribution in [1.82, 2.24) is 5.43 Å². The van der Waals surface area contributed by atoms with Crippen molar-refractivity contribution in [3.63, 3.8) is 0 Å². The summed E-state index contributed by atoms with van der Waals surface area (Å²) in [5.74, 6) is 0.594. The lowest BCUT2D eigenvalue weighted by Gasteiger charge is -2.35. The maximum Gasteiger partial charge on any atom is 0.144 e. The molecule has 1 heterocycles. The molecule has 3 nitrogen and oxygen atoms in total. The van der Waals surface area contributed by atoms with E-state index in [-0.39, 0.29) is 23.2 Å². The molecule has 0 spiro atoms. The van der Waals surface area contributed by atoms with Crippen molar-refractivity contribution in [2.24, 2.45) is 16.4 Å². The van der Waals surface area contributed by atoms with Crippen molar-refractivity contribution in [1.29, 1.82) is 0 Å². The Morgan fingerprint density at radius 2 is 2.36 bits per heavy atom. The highest BCUT2D eigenvalue weighted by atomic mass is 35.5. The van der Waals surface area contributed by atoms with Crippen LogP contribution < -0.4 is 5.43 Å². The highest BCUT2D eigenvalue weighted by molar-refractivity contribution is 6.31. The van der Waals surface area contributed by atoms with Gasteiger partial charge in [-0.05, 0) is 11.8 Å². The first-order valence-corrected chi connectivity index (χ1v) is 5.47. The van der Waals surface area contributed by atoms with Crippen molar-refractivity contribution in [3.8, 4) is 0 Å². The number of ketones is 1. The Hall–Kier alpha value is -0.570. The number of carbonyl (C=O) groups is 1. The van der Waals surface area contributed by atoms with Crippen LogP contribution in [0.25, 0.3) is 0 Å². The molecule has 0 bridgehead atoms. The van der Waals surface area contributed by atoms with E-state index < -0.39 is 0 Å². The molecule has 0 unspecified atom stereocenters. The van der Waals surface area contributed by atoms with Crippen molar-refractivity contribution in [3.05, 3.63) is 0 Å². The number of hydrazone groups is 1. The predicted octanol–water partition coefficient (Wildman–Crippen LogP) is 1.56. The Kier molecular flexibility index (Phi) is 2.30. The summed E-state index contributed by atoms with van der Waals surface area (Å²) in [5.41, 5.74) is 3.94. The Labute approximate surface area is 88.9 Å². The number of Topliss-reactive ketones (excluding diaryl/α,β-unsaturated/α-hetero) is 1. The highest BCUT2D eigenvalue weighted by Gasteiger charge is 2.45.